The van der Waals surface area contributed by atoms with E-state index in [2.05, 4.69) is 89.3 Å². The second kappa shape index (κ2) is 8.42. The van der Waals surface area contributed by atoms with Gasteiger partial charge in [-0.25, -0.2) is 0 Å². The second-order valence-electron chi connectivity index (χ2n) is 4.86. The van der Waals surface area contributed by atoms with Crippen molar-refractivity contribution >= 4 is 47.8 Å². The molecule has 112 valence electrons. The standard InChI is InChI=1S/C16H17Br3N2/c1-2-7-20-15(8-11-3-5-12(17)6-4-11)16-14(19)9-13(18)10-21-16/h3-6,9-10,15,20H,2,7-8H2,1H3. The third kappa shape index (κ3) is 5.16. The summed E-state index contributed by atoms with van der Waals surface area (Å²) in [4.78, 5) is 4.58. The van der Waals surface area contributed by atoms with Gasteiger partial charge in [-0.1, -0.05) is 35.0 Å². The van der Waals surface area contributed by atoms with Crippen LogP contribution in [-0.4, -0.2) is 11.5 Å². The van der Waals surface area contributed by atoms with E-state index in [1.165, 1.54) is 5.56 Å². The molecule has 0 saturated carbocycles. The molecule has 1 aromatic heterocycles. The Hall–Kier alpha value is -0.230. The average molecular weight is 477 g/mol. The summed E-state index contributed by atoms with van der Waals surface area (Å²) in [7, 11) is 0. The maximum Gasteiger partial charge on any atom is 0.0719 e. The van der Waals surface area contributed by atoms with Crippen molar-refractivity contribution in [3.05, 3.63) is 61.2 Å². The highest BCUT2D eigenvalue weighted by molar-refractivity contribution is 9.11. The third-order valence-corrected chi connectivity index (χ3v) is 4.76. The lowest BCUT2D eigenvalue weighted by Gasteiger charge is -2.19. The van der Waals surface area contributed by atoms with Crippen molar-refractivity contribution in [2.45, 2.75) is 25.8 Å². The largest absolute Gasteiger partial charge is 0.308 e. The zero-order chi connectivity index (χ0) is 15.2. The van der Waals surface area contributed by atoms with Crippen LogP contribution in [0.4, 0.5) is 0 Å². The fourth-order valence-electron chi connectivity index (χ4n) is 2.12. The van der Waals surface area contributed by atoms with Gasteiger partial charge in [-0.3, -0.25) is 4.98 Å². The van der Waals surface area contributed by atoms with Gasteiger partial charge in [-0.2, -0.15) is 0 Å². The van der Waals surface area contributed by atoms with E-state index in [0.29, 0.717) is 0 Å². The molecule has 0 fully saturated rings. The number of benzene rings is 1. The molecule has 0 saturated heterocycles. The van der Waals surface area contributed by atoms with E-state index in [1.54, 1.807) is 0 Å². The summed E-state index contributed by atoms with van der Waals surface area (Å²) in [6, 6.07) is 10.7. The normalized spacial score (nSPS) is 12.4. The van der Waals surface area contributed by atoms with E-state index >= 15 is 0 Å². The molecular weight excluding hydrogens is 460 g/mol. The molecule has 1 unspecified atom stereocenters. The number of nitrogens with zero attached hydrogens (tertiary/aromatic N) is 1. The summed E-state index contributed by atoms with van der Waals surface area (Å²) in [6.45, 7) is 3.15. The van der Waals surface area contributed by atoms with E-state index in [0.717, 1.165) is 38.5 Å². The SMILES string of the molecule is CCCNC(Cc1ccc(Br)cc1)c1ncc(Br)cc1Br. The number of halogens is 3. The monoisotopic (exact) mass is 474 g/mol. The Morgan fingerprint density at radius 1 is 1.10 bits per heavy atom. The molecule has 0 aliphatic heterocycles. The Balaban J connectivity index is 2.22. The van der Waals surface area contributed by atoms with Crippen LogP contribution in [0.3, 0.4) is 0 Å². The van der Waals surface area contributed by atoms with Gasteiger partial charge in [0.25, 0.3) is 0 Å². The summed E-state index contributed by atoms with van der Waals surface area (Å²) >= 11 is 10.6. The minimum absolute atomic E-state index is 0.202. The summed E-state index contributed by atoms with van der Waals surface area (Å²) in [6.07, 6.45) is 3.87. The minimum Gasteiger partial charge on any atom is -0.308 e. The van der Waals surface area contributed by atoms with Gasteiger partial charge >= 0.3 is 0 Å². The number of hydrogen-bond acceptors (Lipinski definition) is 2. The smallest absolute Gasteiger partial charge is 0.0719 e. The van der Waals surface area contributed by atoms with Crippen molar-refractivity contribution in [2.75, 3.05) is 6.54 Å². The van der Waals surface area contributed by atoms with Crippen LogP contribution in [0.2, 0.25) is 0 Å². The molecule has 1 atom stereocenters. The summed E-state index contributed by atoms with van der Waals surface area (Å²) in [5.41, 5.74) is 2.35. The lowest BCUT2D eigenvalue weighted by atomic mass is 10.0. The van der Waals surface area contributed by atoms with Gasteiger partial charge < -0.3 is 5.32 Å². The van der Waals surface area contributed by atoms with Crippen LogP contribution in [0, 0.1) is 0 Å². The Labute approximate surface area is 151 Å². The summed E-state index contributed by atoms with van der Waals surface area (Å²) in [5, 5.41) is 3.59. The Bertz CT molecular complexity index is 585. The highest BCUT2D eigenvalue weighted by atomic mass is 79.9. The van der Waals surface area contributed by atoms with Gasteiger partial charge in [0.2, 0.25) is 0 Å². The topological polar surface area (TPSA) is 24.9 Å². The van der Waals surface area contributed by atoms with Gasteiger partial charge in [-0.15, -0.1) is 0 Å². The Kier molecular flexibility index (Phi) is 6.86. The zero-order valence-electron chi connectivity index (χ0n) is 11.7. The van der Waals surface area contributed by atoms with Crippen molar-refractivity contribution in [1.82, 2.24) is 10.3 Å². The maximum absolute atomic E-state index is 4.58. The van der Waals surface area contributed by atoms with Gasteiger partial charge in [0.1, 0.15) is 0 Å². The first-order valence-electron chi connectivity index (χ1n) is 6.89. The molecule has 0 amide bonds. The fourth-order valence-corrected chi connectivity index (χ4v) is 3.65. The molecular formula is C16H17Br3N2. The van der Waals surface area contributed by atoms with Gasteiger partial charge in [0, 0.05) is 19.6 Å². The van der Waals surface area contributed by atoms with Crippen LogP contribution in [0.5, 0.6) is 0 Å². The first-order chi connectivity index (χ1) is 10.1. The van der Waals surface area contributed by atoms with Gasteiger partial charge in [-0.05, 0) is 75.0 Å². The Morgan fingerprint density at radius 3 is 2.43 bits per heavy atom. The minimum atomic E-state index is 0.202. The van der Waals surface area contributed by atoms with Crippen molar-refractivity contribution in [2.24, 2.45) is 0 Å². The van der Waals surface area contributed by atoms with Crippen molar-refractivity contribution in [3.63, 3.8) is 0 Å². The molecule has 0 bridgehead atoms. The number of nitrogens with one attached hydrogen (secondary N) is 1. The molecule has 0 spiro atoms. The molecule has 1 heterocycles. The first kappa shape index (κ1) is 17.1. The second-order valence-corrected chi connectivity index (χ2v) is 7.54. The van der Waals surface area contributed by atoms with Crippen LogP contribution in [-0.2, 0) is 6.42 Å². The number of hydrogen-bond donors (Lipinski definition) is 1. The zero-order valence-corrected chi connectivity index (χ0v) is 16.5. The van der Waals surface area contributed by atoms with E-state index in [-0.39, 0.29) is 6.04 Å². The molecule has 5 heteroatoms. The van der Waals surface area contributed by atoms with Crippen molar-refractivity contribution in [3.8, 4) is 0 Å². The lowest BCUT2D eigenvalue weighted by Crippen LogP contribution is -2.25. The van der Waals surface area contributed by atoms with E-state index in [9.17, 15) is 0 Å². The van der Waals surface area contributed by atoms with E-state index in [1.807, 2.05) is 12.3 Å². The lowest BCUT2D eigenvalue weighted by molar-refractivity contribution is 0.516. The third-order valence-electron chi connectivity index (χ3n) is 3.16. The number of aromatic nitrogens is 1. The number of rotatable bonds is 6. The predicted octanol–water partition coefficient (Wildman–Crippen LogP) is 5.65. The molecule has 0 aliphatic rings. The highest BCUT2D eigenvalue weighted by Crippen LogP contribution is 2.27. The summed E-state index contributed by atoms with van der Waals surface area (Å²) in [5.74, 6) is 0. The molecule has 0 aliphatic carbocycles. The number of pyridine rings is 1. The van der Waals surface area contributed by atoms with Gasteiger partial charge in [0.15, 0.2) is 0 Å². The maximum atomic E-state index is 4.58. The van der Waals surface area contributed by atoms with Crippen LogP contribution >= 0.6 is 47.8 Å². The Morgan fingerprint density at radius 2 is 1.81 bits per heavy atom. The summed E-state index contributed by atoms with van der Waals surface area (Å²) < 4.78 is 3.12. The molecule has 2 aromatic rings. The first-order valence-corrected chi connectivity index (χ1v) is 9.26. The molecule has 0 radical (unpaired) electrons. The molecule has 1 aromatic carbocycles. The van der Waals surface area contributed by atoms with E-state index in [4.69, 9.17) is 0 Å². The molecule has 2 rings (SSSR count). The van der Waals surface area contributed by atoms with Crippen LogP contribution in [0.1, 0.15) is 30.6 Å². The van der Waals surface area contributed by atoms with Gasteiger partial charge in [0.05, 0.1) is 11.7 Å². The van der Waals surface area contributed by atoms with Crippen molar-refractivity contribution < 1.29 is 0 Å². The quantitative estimate of drug-likeness (QED) is 0.582. The van der Waals surface area contributed by atoms with Crippen LogP contribution in [0.25, 0.3) is 0 Å². The molecule has 21 heavy (non-hydrogen) atoms. The van der Waals surface area contributed by atoms with Crippen LogP contribution in [0.15, 0.2) is 49.9 Å². The average Bonchev–Trinajstić information content (AvgIpc) is 2.46. The predicted molar refractivity (Wildman–Crippen MR) is 98.5 cm³/mol. The highest BCUT2D eigenvalue weighted by Gasteiger charge is 2.16. The van der Waals surface area contributed by atoms with Crippen LogP contribution < -0.4 is 5.32 Å². The fraction of sp³-hybridized carbons (Fsp3) is 0.312. The van der Waals surface area contributed by atoms with E-state index < -0.39 is 0 Å². The van der Waals surface area contributed by atoms with Crippen molar-refractivity contribution in [1.29, 1.82) is 0 Å². The molecule has 1 N–H and O–H groups in total. The molecule has 2 nitrogen and oxygen atoms in total.